The Morgan fingerprint density at radius 1 is 1.10 bits per heavy atom. The van der Waals surface area contributed by atoms with Crippen LogP contribution in [0.1, 0.15) is 61.5 Å². The molecule has 5 heterocycles. The van der Waals surface area contributed by atoms with Gasteiger partial charge in [-0.1, -0.05) is 43.3 Å². The Bertz CT molecular complexity index is 1580. The van der Waals surface area contributed by atoms with Crippen LogP contribution in [0.5, 0.6) is 0 Å². The Labute approximate surface area is 231 Å². The summed E-state index contributed by atoms with van der Waals surface area (Å²) in [6.45, 7) is 8.18. The van der Waals surface area contributed by atoms with Crippen molar-refractivity contribution < 1.29 is 19.2 Å². The fourth-order valence-corrected chi connectivity index (χ4v) is 6.09. The number of nitrogens with zero attached hydrogens (tertiary/aromatic N) is 5. The molecule has 0 aliphatic carbocycles. The molecule has 2 fully saturated rings. The highest BCUT2D eigenvalue weighted by atomic mass is 16.5. The van der Waals surface area contributed by atoms with Crippen LogP contribution in [0.2, 0.25) is 0 Å². The fourth-order valence-electron chi connectivity index (χ4n) is 6.09. The Morgan fingerprint density at radius 2 is 1.90 bits per heavy atom. The largest absolute Gasteiger partial charge is 0.383 e. The van der Waals surface area contributed by atoms with Gasteiger partial charge in [0.05, 0.1) is 22.6 Å². The van der Waals surface area contributed by atoms with E-state index in [0.29, 0.717) is 54.9 Å². The van der Waals surface area contributed by atoms with Crippen LogP contribution in [-0.4, -0.2) is 55.0 Å². The van der Waals surface area contributed by atoms with Crippen LogP contribution in [0.25, 0.3) is 22.4 Å². The third-order valence-corrected chi connectivity index (χ3v) is 8.45. The van der Waals surface area contributed by atoms with Crippen molar-refractivity contribution in [3.05, 3.63) is 71.4 Å². The molecule has 0 radical (unpaired) electrons. The number of hydrogen-bond donors (Lipinski definition) is 2. The van der Waals surface area contributed by atoms with Gasteiger partial charge >= 0.3 is 0 Å². The lowest BCUT2D eigenvalue weighted by Crippen LogP contribution is -2.55. The summed E-state index contributed by atoms with van der Waals surface area (Å²) < 4.78 is 4.84. The minimum absolute atomic E-state index is 0.246. The first-order valence-corrected chi connectivity index (χ1v) is 13.6. The number of rotatable bonds is 5. The summed E-state index contributed by atoms with van der Waals surface area (Å²) in [4.78, 5) is 40.2. The van der Waals surface area contributed by atoms with E-state index in [1.807, 2.05) is 37.3 Å². The molecule has 2 atom stereocenters. The summed E-state index contributed by atoms with van der Waals surface area (Å²) in [6.07, 6.45) is 2.60. The van der Waals surface area contributed by atoms with Crippen molar-refractivity contribution in [2.45, 2.75) is 58.1 Å². The lowest BCUT2D eigenvalue weighted by Gasteiger charge is -2.50. The van der Waals surface area contributed by atoms with E-state index in [1.54, 1.807) is 0 Å². The predicted octanol–water partition coefficient (Wildman–Crippen LogP) is 3.63. The van der Waals surface area contributed by atoms with Gasteiger partial charge < -0.3 is 9.63 Å². The molecule has 10 nitrogen and oxygen atoms in total. The lowest BCUT2D eigenvalue weighted by molar-refractivity contribution is -0.134. The molecule has 4 aromatic rings. The first-order chi connectivity index (χ1) is 19.1. The number of benzene rings is 1. The van der Waals surface area contributed by atoms with Crippen LogP contribution < -0.4 is 5.32 Å². The molecule has 2 unspecified atom stereocenters. The maximum absolute atomic E-state index is 12.5. The standard InChI is InChI=1S/C30H32N6O4/c1-18-22(21-8-11-26(37)34-28(21)38)14-24-23(32-18)9-10-25(33-24)30(39)12-13-36(16-29(30,2)3)15-19-4-6-20(7-5-19)27-31-17-40-35-27/h4-7,9-10,14,17,21,39H,8,11-13,15-16H2,1-3H3,(H,34,37,38). The van der Waals surface area contributed by atoms with Gasteiger partial charge in [-0.25, -0.2) is 4.98 Å². The molecule has 40 heavy (non-hydrogen) atoms. The second-order valence-corrected chi connectivity index (χ2v) is 11.6. The lowest BCUT2D eigenvalue weighted by atomic mass is 9.68. The highest BCUT2D eigenvalue weighted by Crippen LogP contribution is 2.46. The number of likely N-dealkylation sites (tertiary alicyclic amines) is 1. The van der Waals surface area contributed by atoms with Crippen molar-refractivity contribution in [3.63, 3.8) is 0 Å². The van der Waals surface area contributed by atoms with Crippen molar-refractivity contribution in [1.29, 1.82) is 0 Å². The zero-order valence-corrected chi connectivity index (χ0v) is 22.8. The van der Waals surface area contributed by atoms with Gasteiger partial charge in [0.2, 0.25) is 24.0 Å². The van der Waals surface area contributed by atoms with Crippen molar-refractivity contribution in [1.82, 2.24) is 30.3 Å². The average Bonchev–Trinajstić information content (AvgIpc) is 3.46. The number of amides is 2. The summed E-state index contributed by atoms with van der Waals surface area (Å²) in [5.74, 6) is -0.421. The maximum Gasteiger partial charge on any atom is 0.234 e. The van der Waals surface area contributed by atoms with Crippen LogP contribution in [0.4, 0.5) is 0 Å². The van der Waals surface area contributed by atoms with Crippen LogP contribution in [0, 0.1) is 12.3 Å². The minimum atomic E-state index is -1.14. The second-order valence-electron chi connectivity index (χ2n) is 11.6. The number of fused-ring (bicyclic) bond motifs is 1. The zero-order chi connectivity index (χ0) is 28.1. The Morgan fingerprint density at radius 3 is 2.60 bits per heavy atom. The van der Waals surface area contributed by atoms with E-state index in [0.717, 1.165) is 23.4 Å². The smallest absolute Gasteiger partial charge is 0.234 e. The summed E-state index contributed by atoms with van der Waals surface area (Å²) in [5, 5.41) is 18.4. The predicted molar refractivity (Wildman–Crippen MR) is 147 cm³/mol. The summed E-state index contributed by atoms with van der Waals surface area (Å²) in [5.41, 5.74) is 3.91. The number of aromatic nitrogens is 4. The molecule has 2 aliphatic heterocycles. The molecule has 6 rings (SSSR count). The van der Waals surface area contributed by atoms with Gasteiger partial charge in [0.1, 0.15) is 5.60 Å². The Hall–Kier alpha value is -4.02. The van der Waals surface area contributed by atoms with Gasteiger partial charge in [-0.15, -0.1) is 0 Å². The van der Waals surface area contributed by atoms with Crippen molar-refractivity contribution >= 4 is 22.8 Å². The Balaban J connectivity index is 1.22. The van der Waals surface area contributed by atoms with Gasteiger partial charge in [-0.2, -0.15) is 4.98 Å². The maximum atomic E-state index is 12.5. The number of piperidine rings is 2. The molecule has 3 aromatic heterocycles. The molecule has 2 amide bonds. The first-order valence-electron chi connectivity index (χ1n) is 13.6. The van der Waals surface area contributed by atoms with Gasteiger partial charge in [0.25, 0.3) is 0 Å². The van der Waals surface area contributed by atoms with Crippen molar-refractivity contribution in [2.75, 3.05) is 13.1 Å². The van der Waals surface area contributed by atoms with Gasteiger partial charge in [0.15, 0.2) is 0 Å². The normalized spacial score (nSPS) is 23.4. The van der Waals surface area contributed by atoms with E-state index in [1.165, 1.54) is 12.0 Å². The van der Waals surface area contributed by atoms with E-state index in [4.69, 9.17) is 14.5 Å². The van der Waals surface area contributed by atoms with E-state index in [9.17, 15) is 14.7 Å². The first kappa shape index (κ1) is 26.2. The molecule has 10 heteroatoms. The zero-order valence-electron chi connectivity index (χ0n) is 22.8. The van der Waals surface area contributed by atoms with E-state index in [2.05, 4.69) is 46.3 Å². The third kappa shape index (κ3) is 4.67. The monoisotopic (exact) mass is 540 g/mol. The molecule has 0 spiro atoms. The summed E-state index contributed by atoms with van der Waals surface area (Å²) >= 11 is 0. The van der Waals surface area contributed by atoms with Crippen LogP contribution in [0.3, 0.4) is 0 Å². The quantitative estimate of drug-likeness (QED) is 0.364. The highest BCUT2D eigenvalue weighted by molar-refractivity contribution is 6.01. The van der Waals surface area contributed by atoms with E-state index < -0.39 is 16.9 Å². The SMILES string of the molecule is Cc1nc2ccc(C3(O)CCN(Cc4ccc(-c5ncon5)cc4)CC3(C)C)nc2cc1C1CCC(=O)NC1=O. The molecule has 0 saturated carbocycles. The average molecular weight is 541 g/mol. The van der Waals surface area contributed by atoms with Gasteiger partial charge in [-0.05, 0) is 49.1 Å². The number of aryl methyl sites for hydroxylation is 1. The highest BCUT2D eigenvalue weighted by Gasteiger charge is 2.49. The minimum Gasteiger partial charge on any atom is -0.383 e. The number of pyridine rings is 2. The van der Waals surface area contributed by atoms with Crippen molar-refractivity contribution in [3.8, 4) is 11.4 Å². The van der Waals surface area contributed by atoms with Crippen LogP contribution in [0.15, 0.2) is 53.4 Å². The molecule has 206 valence electrons. The molecule has 1 aromatic carbocycles. The van der Waals surface area contributed by atoms with Crippen LogP contribution >= 0.6 is 0 Å². The number of imide groups is 1. The topological polar surface area (TPSA) is 134 Å². The molecule has 2 N–H and O–H groups in total. The third-order valence-electron chi connectivity index (χ3n) is 8.45. The van der Waals surface area contributed by atoms with Crippen LogP contribution in [-0.2, 0) is 21.7 Å². The number of nitrogens with one attached hydrogen (secondary N) is 1. The molecule has 2 saturated heterocycles. The fraction of sp³-hybridized carbons (Fsp3) is 0.400. The Kier molecular flexibility index (Phi) is 6.47. The number of aliphatic hydroxyl groups is 1. The van der Waals surface area contributed by atoms with E-state index >= 15 is 0 Å². The number of carbonyl (C=O) groups is 2. The van der Waals surface area contributed by atoms with Crippen molar-refractivity contribution in [2.24, 2.45) is 5.41 Å². The molecule has 0 bridgehead atoms. The molecular weight excluding hydrogens is 508 g/mol. The number of carbonyl (C=O) groups excluding carboxylic acids is 2. The summed E-state index contributed by atoms with van der Waals surface area (Å²) in [6, 6.07) is 13.8. The second kappa shape index (κ2) is 9.87. The van der Waals surface area contributed by atoms with Gasteiger partial charge in [-0.3, -0.25) is 24.8 Å². The molecular formula is C30H32N6O4. The summed E-state index contributed by atoms with van der Waals surface area (Å²) in [7, 11) is 0. The van der Waals surface area contributed by atoms with Gasteiger partial charge in [0, 0.05) is 42.7 Å². The number of hydrogen-bond acceptors (Lipinski definition) is 9. The van der Waals surface area contributed by atoms with E-state index in [-0.39, 0.29) is 11.8 Å². The molecule has 2 aliphatic rings.